The summed E-state index contributed by atoms with van der Waals surface area (Å²) >= 11 is 0. The van der Waals surface area contributed by atoms with Crippen molar-refractivity contribution in [2.24, 2.45) is 0 Å². The van der Waals surface area contributed by atoms with Crippen molar-refractivity contribution in [3.8, 4) is 16.8 Å². The van der Waals surface area contributed by atoms with Crippen molar-refractivity contribution in [3.05, 3.63) is 152 Å². The molecule has 0 spiro atoms. The van der Waals surface area contributed by atoms with Gasteiger partial charge in [0.25, 0.3) is 0 Å². The number of hydrogen-bond acceptors (Lipinski definition) is 0. The summed E-state index contributed by atoms with van der Waals surface area (Å²) in [6, 6.07) is 55.6. The molecule has 0 atom stereocenters. The van der Waals surface area contributed by atoms with Gasteiger partial charge in [-0.3, -0.25) is 0 Å². The topological polar surface area (TPSA) is 4.93 Å². The molecule has 0 saturated carbocycles. The van der Waals surface area contributed by atoms with Gasteiger partial charge in [-0.25, -0.2) is 0 Å². The zero-order valence-corrected chi connectivity index (χ0v) is 22.4. The number of para-hydroxylation sites is 1. The molecule has 0 aliphatic heterocycles. The van der Waals surface area contributed by atoms with Crippen molar-refractivity contribution in [3.63, 3.8) is 0 Å². The predicted octanol–water partition coefficient (Wildman–Crippen LogP) is 11.1. The van der Waals surface area contributed by atoms with Gasteiger partial charge in [0.15, 0.2) is 0 Å². The minimum Gasteiger partial charge on any atom is -0.309 e. The average molecular weight is 520 g/mol. The molecule has 190 valence electrons. The van der Waals surface area contributed by atoms with Crippen LogP contribution in [0.2, 0.25) is 0 Å². The summed E-state index contributed by atoms with van der Waals surface area (Å²) in [5, 5.41) is 12.9. The number of aromatic nitrogens is 1. The number of rotatable bonds is 2. The first kappa shape index (κ1) is 22.4. The molecule has 0 saturated heterocycles. The predicted molar refractivity (Wildman–Crippen MR) is 176 cm³/mol. The highest BCUT2D eigenvalue weighted by Crippen LogP contribution is 2.39. The highest BCUT2D eigenvalue weighted by Gasteiger charge is 2.14. The molecule has 0 fully saturated rings. The number of fused-ring (bicyclic) bond motifs is 10. The van der Waals surface area contributed by atoms with Crippen LogP contribution in [-0.4, -0.2) is 4.57 Å². The molecule has 41 heavy (non-hydrogen) atoms. The molecule has 0 unspecified atom stereocenters. The molecule has 9 aromatic rings. The molecule has 1 heterocycles. The molecule has 8 aromatic carbocycles. The fraction of sp³-hybridized carbons (Fsp3) is 0. The maximum Gasteiger partial charge on any atom is 0.0541 e. The van der Waals surface area contributed by atoms with Gasteiger partial charge in [0.1, 0.15) is 0 Å². The van der Waals surface area contributed by atoms with Crippen molar-refractivity contribution >= 4 is 64.9 Å². The van der Waals surface area contributed by atoms with E-state index in [1.54, 1.807) is 0 Å². The van der Waals surface area contributed by atoms with E-state index in [0.717, 1.165) is 0 Å². The lowest BCUT2D eigenvalue weighted by Gasteiger charge is -2.12. The first-order chi connectivity index (χ1) is 20.3. The van der Waals surface area contributed by atoms with Crippen LogP contribution in [0.4, 0.5) is 0 Å². The summed E-state index contributed by atoms with van der Waals surface area (Å²) in [5.74, 6) is 0. The Bertz CT molecular complexity index is 2440. The molecule has 1 heteroatoms. The molecule has 1 aromatic heterocycles. The number of benzene rings is 8. The standard InChI is InChI=1S/C40H25N/c1-2-10-27-23-30(20-17-26(27)9-1)41-39-16-8-7-15-36(39)38-25-29(19-22-40(38)41)28-18-21-35-33-13-4-3-11-31(33)32-12-5-6-14-34(32)37(35)24-28/h1-25H. The fourth-order valence-electron chi connectivity index (χ4n) is 6.83. The van der Waals surface area contributed by atoms with Crippen LogP contribution in [-0.2, 0) is 0 Å². The second-order valence-electron chi connectivity index (χ2n) is 11.0. The van der Waals surface area contributed by atoms with E-state index in [2.05, 4.69) is 156 Å². The molecular weight excluding hydrogens is 494 g/mol. The third-order valence-electron chi connectivity index (χ3n) is 8.74. The van der Waals surface area contributed by atoms with E-state index in [-0.39, 0.29) is 0 Å². The third kappa shape index (κ3) is 3.30. The minimum atomic E-state index is 1.19. The Kier molecular flexibility index (Phi) is 4.67. The van der Waals surface area contributed by atoms with Gasteiger partial charge < -0.3 is 4.57 Å². The van der Waals surface area contributed by atoms with Gasteiger partial charge in [-0.05, 0) is 90.6 Å². The van der Waals surface area contributed by atoms with Crippen LogP contribution in [0.15, 0.2) is 152 Å². The smallest absolute Gasteiger partial charge is 0.0541 e. The zero-order valence-electron chi connectivity index (χ0n) is 22.4. The minimum absolute atomic E-state index is 1.19. The van der Waals surface area contributed by atoms with E-state index in [0.29, 0.717) is 0 Å². The molecule has 0 bridgehead atoms. The third-order valence-corrected chi connectivity index (χ3v) is 8.74. The maximum atomic E-state index is 2.40. The lowest BCUT2D eigenvalue weighted by Crippen LogP contribution is -1.93. The Morgan fingerprint density at radius 1 is 0.293 bits per heavy atom. The van der Waals surface area contributed by atoms with Gasteiger partial charge in [0, 0.05) is 16.5 Å². The summed E-state index contributed by atoms with van der Waals surface area (Å²) in [6.07, 6.45) is 0. The van der Waals surface area contributed by atoms with Crippen molar-refractivity contribution < 1.29 is 0 Å². The van der Waals surface area contributed by atoms with Crippen LogP contribution in [0, 0.1) is 0 Å². The molecule has 0 radical (unpaired) electrons. The average Bonchev–Trinajstić information content (AvgIpc) is 3.38. The number of nitrogens with zero attached hydrogens (tertiary/aromatic N) is 1. The van der Waals surface area contributed by atoms with E-state index >= 15 is 0 Å². The van der Waals surface area contributed by atoms with Crippen LogP contribution >= 0.6 is 0 Å². The Labute approximate surface area is 237 Å². The largest absolute Gasteiger partial charge is 0.309 e. The fourth-order valence-corrected chi connectivity index (χ4v) is 6.83. The monoisotopic (exact) mass is 519 g/mol. The van der Waals surface area contributed by atoms with E-state index in [1.165, 1.54) is 81.7 Å². The molecule has 0 aliphatic carbocycles. The Balaban J connectivity index is 1.29. The zero-order chi connectivity index (χ0) is 26.9. The number of hydrogen-bond donors (Lipinski definition) is 0. The van der Waals surface area contributed by atoms with Crippen molar-refractivity contribution in [1.29, 1.82) is 0 Å². The van der Waals surface area contributed by atoms with Crippen LogP contribution in [0.25, 0.3) is 81.7 Å². The highest BCUT2D eigenvalue weighted by molar-refractivity contribution is 6.25. The van der Waals surface area contributed by atoms with Crippen molar-refractivity contribution in [2.75, 3.05) is 0 Å². The molecule has 0 N–H and O–H groups in total. The second-order valence-corrected chi connectivity index (χ2v) is 11.0. The van der Waals surface area contributed by atoms with Gasteiger partial charge in [0.2, 0.25) is 0 Å². The van der Waals surface area contributed by atoms with Crippen LogP contribution in [0.1, 0.15) is 0 Å². The summed E-state index contributed by atoms with van der Waals surface area (Å²) in [4.78, 5) is 0. The van der Waals surface area contributed by atoms with Crippen molar-refractivity contribution in [1.82, 2.24) is 4.57 Å². The molecule has 1 nitrogen and oxygen atoms in total. The van der Waals surface area contributed by atoms with Crippen molar-refractivity contribution in [2.45, 2.75) is 0 Å². The Morgan fingerprint density at radius 3 is 1.54 bits per heavy atom. The first-order valence-electron chi connectivity index (χ1n) is 14.2. The highest BCUT2D eigenvalue weighted by atomic mass is 15.0. The Hall–Kier alpha value is -5.40. The summed E-state index contributed by atoms with van der Waals surface area (Å²) < 4.78 is 2.40. The summed E-state index contributed by atoms with van der Waals surface area (Å²) in [6.45, 7) is 0. The Morgan fingerprint density at radius 2 is 0.805 bits per heavy atom. The maximum absolute atomic E-state index is 2.40. The molecule has 0 aliphatic rings. The SMILES string of the molecule is c1ccc2cc(-n3c4ccccc4c4cc(-c5ccc6c7ccccc7c7ccccc7c6c5)ccc43)ccc2c1. The normalized spacial score (nSPS) is 11.9. The van der Waals surface area contributed by atoms with E-state index in [9.17, 15) is 0 Å². The summed E-state index contributed by atoms with van der Waals surface area (Å²) in [7, 11) is 0. The molecule has 0 amide bonds. The van der Waals surface area contributed by atoms with E-state index in [1.807, 2.05) is 0 Å². The first-order valence-corrected chi connectivity index (χ1v) is 14.2. The van der Waals surface area contributed by atoms with Gasteiger partial charge in [-0.2, -0.15) is 0 Å². The van der Waals surface area contributed by atoms with Crippen LogP contribution in [0.5, 0.6) is 0 Å². The lowest BCUT2D eigenvalue weighted by molar-refractivity contribution is 1.19. The summed E-state index contributed by atoms with van der Waals surface area (Å²) in [5.41, 5.74) is 6.11. The van der Waals surface area contributed by atoms with Gasteiger partial charge >= 0.3 is 0 Å². The van der Waals surface area contributed by atoms with Crippen LogP contribution < -0.4 is 0 Å². The van der Waals surface area contributed by atoms with Gasteiger partial charge in [0.05, 0.1) is 11.0 Å². The van der Waals surface area contributed by atoms with Gasteiger partial charge in [-0.1, -0.05) is 115 Å². The lowest BCUT2D eigenvalue weighted by atomic mass is 9.92. The van der Waals surface area contributed by atoms with Crippen LogP contribution in [0.3, 0.4) is 0 Å². The second kappa shape index (κ2) is 8.55. The quantitative estimate of drug-likeness (QED) is 0.200. The van der Waals surface area contributed by atoms with E-state index in [4.69, 9.17) is 0 Å². The van der Waals surface area contributed by atoms with Gasteiger partial charge in [-0.15, -0.1) is 0 Å². The molecular formula is C40H25N. The molecule has 9 rings (SSSR count). The van der Waals surface area contributed by atoms with E-state index < -0.39 is 0 Å².